The maximum Gasteiger partial charge on any atom is 0.302 e. The lowest BCUT2D eigenvalue weighted by molar-refractivity contribution is -0.185. The van der Waals surface area contributed by atoms with Crippen molar-refractivity contribution in [3.63, 3.8) is 0 Å². The average molecular weight is 278 g/mol. The van der Waals surface area contributed by atoms with Crippen LogP contribution >= 0.6 is 0 Å². The van der Waals surface area contributed by atoms with Gasteiger partial charge in [-0.2, -0.15) is 0 Å². The molecule has 4 rings (SSSR count). The molecule has 0 saturated heterocycles. The molecule has 4 saturated carbocycles. The number of fused-ring (bicyclic) bond motifs is 1. The molecule has 0 aromatic carbocycles. The van der Waals surface area contributed by atoms with Gasteiger partial charge >= 0.3 is 5.97 Å². The molecular formula is C17H26O3. The zero-order chi connectivity index (χ0) is 14.9. The van der Waals surface area contributed by atoms with Crippen LogP contribution in [0.5, 0.6) is 0 Å². The normalized spacial score (nSPS) is 49.8. The summed E-state index contributed by atoms with van der Waals surface area (Å²) in [7, 11) is 0. The van der Waals surface area contributed by atoms with Gasteiger partial charge in [0.2, 0.25) is 0 Å². The van der Waals surface area contributed by atoms with Gasteiger partial charge in [-0.25, -0.2) is 0 Å². The molecule has 4 aliphatic rings. The van der Waals surface area contributed by atoms with Gasteiger partial charge in [0.1, 0.15) is 11.9 Å². The van der Waals surface area contributed by atoms with Gasteiger partial charge in [-0.15, -0.1) is 0 Å². The largest absolute Gasteiger partial charge is 0.461 e. The van der Waals surface area contributed by atoms with E-state index in [2.05, 4.69) is 20.8 Å². The fourth-order valence-corrected chi connectivity index (χ4v) is 5.66. The second-order valence-electron chi connectivity index (χ2n) is 8.08. The van der Waals surface area contributed by atoms with Gasteiger partial charge in [0, 0.05) is 12.3 Å². The lowest BCUT2D eigenvalue weighted by atomic mass is 9.48. The maximum atomic E-state index is 13.1. The van der Waals surface area contributed by atoms with Crippen molar-refractivity contribution < 1.29 is 14.3 Å². The monoisotopic (exact) mass is 278 g/mol. The Morgan fingerprint density at radius 3 is 2.45 bits per heavy atom. The Balaban J connectivity index is 1.98. The Bertz CT molecular complexity index is 469. The van der Waals surface area contributed by atoms with Crippen LogP contribution in [-0.4, -0.2) is 17.9 Å². The number of hydrogen-bond donors (Lipinski definition) is 0. The zero-order valence-corrected chi connectivity index (χ0v) is 13.2. The molecule has 6 atom stereocenters. The van der Waals surface area contributed by atoms with Crippen LogP contribution in [0.2, 0.25) is 0 Å². The Kier molecular flexibility index (Phi) is 2.88. The third kappa shape index (κ3) is 1.58. The second kappa shape index (κ2) is 4.08. The van der Waals surface area contributed by atoms with Crippen molar-refractivity contribution >= 4 is 11.8 Å². The summed E-state index contributed by atoms with van der Waals surface area (Å²) in [6, 6.07) is 0. The van der Waals surface area contributed by atoms with E-state index in [1.807, 2.05) is 6.92 Å². The third-order valence-corrected chi connectivity index (χ3v) is 6.59. The van der Waals surface area contributed by atoms with Crippen LogP contribution in [0.25, 0.3) is 0 Å². The molecule has 0 heterocycles. The van der Waals surface area contributed by atoms with Gasteiger partial charge in [0.05, 0.1) is 5.41 Å². The molecule has 0 radical (unpaired) electrons. The molecule has 0 N–H and O–H groups in total. The molecule has 0 amide bonds. The second-order valence-corrected chi connectivity index (χ2v) is 8.08. The summed E-state index contributed by atoms with van der Waals surface area (Å²) in [4.78, 5) is 24.4. The summed E-state index contributed by atoms with van der Waals surface area (Å²) >= 11 is 0. The van der Waals surface area contributed by atoms with Gasteiger partial charge in [-0.3, -0.25) is 9.59 Å². The molecule has 112 valence electrons. The summed E-state index contributed by atoms with van der Waals surface area (Å²) in [5.41, 5.74) is -0.632. The summed E-state index contributed by atoms with van der Waals surface area (Å²) in [5, 5.41) is 0. The number of esters is 1. The van der Waals surface area contributed by atoms with E-state index in [0.29, 0.717) is 29.5 Å². The Labute approximate surface area is 121 Å². The number of ether oxygens (including phenoxy) is 1. The lowest BCUT2D eigenvalue weighted by Crippen LogP contribution is -2.61. The summed E-state index contributed by atoms with van der Waals surface area (Å²) < 4.78 is 5.50. The van der Waals surface area contributed by atoms with Crippen LogP contribution < -0.4 is 0 Å². The standard InChI is InChI=1S/C17H26O3/c1-9(2)11-7-16(4)13-6-14(20-10(3)18)17(5,15(16)19)8-12(11)13/h9,11-14H,6-8H2,1-5H3/t11?,12-,13-,14+,16+,17-/m0/s1. The number of ketones is 1. The molecule has 4 bridgehead atoms. The van der Waals surface area contributed by atoms with Gasteiger partial charge in [0.25, 0.3) is 0 Å². The zero-order valence-electron chi connectivity index (χ0n) is 13.2. The Morgan fingerprint density at radius 1 is 1.25 bits per heavy atom. The minimum atomic E-state index is -0.455. The minimum absolute atomic E-state index is 0.177. The molecule has 1 unspecified atom stereocenters. The first kappa shape index (κ1) is 14.1. The molecule has 3 heteroatoms. The van der Waals surface area contributed by atoms with Crippen molar-refractivity contribution in [1.29, 1.82) is 0 Å². The predicted octanol–water partition coefficient (Wildman–Crippen LogP) is 3.22. The van der Waals surface area contributed by atoms with Crippen LogP contribution in [0.1, 0.15) is 53.9 Å². The van der Waals surface area contributed by atoms with E-state index in [4.69, 9.17) is 4.74 Å². The Hall–Kier alpha value is -0.860. The molecule has 0 spiro atoms. The minimum Gasteiger partial charge on any atom is -0.461 e. The van der Waals surface area contributed by atoms with Gasteiger partial charge in [-0.05, 0) is 49.9 Å². The fourth-order valence-electron chi connectivity index (χ4n) is 5.66. The first-order valence-electron chi connectivity index (χ1n) is 7.92. The lowest BCUT2D eigenvalue weighted by Gasteiger charge is -2.56. The van der Waals surface area contributed by atoms with Crippen molar-refractivity contribution in [3.05, 3.63) is 0 Å². The number of Topliss-reactive ketones (excluding diaryl/α,β-unsaturated/α-hetero) is 1. The highest BCUT2D eigenvalue weighted by Gasteiger charge is 2.70. The highest BCUT2D eigenvalue weighted by atomic mass is 16.5. The predicted molar refractivity (Wildman–Crippen MR) is 75.9 cm³/mol. The van der Waals surface area contributed by atoms with E-state index in [1.165, 1.54) is 6.92 Å². The number of rotatable bonds is 2. The number of hydrogen-bond acceptors (Lipinski definition) is 3. The smallest absolute Gasteiger partial charge is 0.302 e. The van der Waals surface area contributed by atoms with Crippen molar-refractivity contribution in [2.24, 2.45) is 34.5 Å². The van der Waals surface area contributed by atoms with E-state index in [1.54, 1.807) is 0 Å². The van der Waals surface area contributed by atoms with Crippen LogP contribution in [0.4, 0.5) is 0 Å². The average Bonchev–Trinajstić information content (AvgIpc) is 2.58. The van der Waals surface area contributed by atoms with E-state index >= 15 is 0 Å². The summed E-state index contributed by atoms with van der Waals surface area (Å²) in [6.07, 6.45) is 2.62. The van der Waals surface area contributed by atoms with Gasteiger partial charge < -0.3 is 4.74 Å². The summed E-state index contributed by atoms with van der Waals surface area (Å²) in [5.74, 6) is 2.42. The van der Waals surface area contributed by atoms with Crippen molar-refractivity contribution in [3.8, 4) is 0 Å². The van der Waals surface area contributed by atoms with Crippen LogP contribution in [0, 0.1) is 34.5 Å². The van der Waals surface area contributed by atoms with Crippen molar-refractivity contribution in [2.45, 2.75) is 60.0 Å². The van der Waals surface area contributed by atoms with Gasteiger partial charge in [-0.1, -0.05) is 20.8 Å². The summed E-state index contributed by atoms with van der Waals surface area (Å²) in [6.45, 7) is 10.2. The highest BCUT2D eigenvalue weighted by molar-refractivity contribution is 5.93. The molecular weight excluding hydrogens is 252 g/mol. The van der Waals surface area contributed by atoms with Crippen LogP contribution in [-0.2, 0) is 14.3 Å². The first-order chi connectivity index (χ1) is 9.20. The van der Waals surface area contributed by atoms with E-state index in [-0.39, 0.29) is 17.5 Å². The molecule has 4 fully saturated rings. The first-order valence-corrected chi connectivity index (χ1v) is 7.92. The highest BCUT2D eigenvalue weighted by Crippen LogP contribution is 2.68. The van der Waals surface area contributed by atoms with Crippen molar-refractivity contribution in [1.82, 2.24) is 0 Å². The van der Waals surface area contributed by atoms with Crippen LogP contribution in [0.3, 0.4) is 0 Å². The molecule has 3 nitrogen and oxygen atoms in total. The molecule has 4 aliphatic carbocycles. The SMILES string of the molecule is CC(=O)O[C@@H]1C[C@H]2[C@H]3C[C@]1(C)C(=O)[C@]2(C)CC3C(C)C. The van der Waals surface area contributed by atoms with E-state index in [9.17, 15) is 9.59 Å². The molecule has 0 aromatic heterocycles. The molecule has 20 heavy (non-hydrogen) atoms. The van der Waals surface area contributed by atoms with Crippen LogP contribution in [0.15, 0.2) is 0 Å². The number of carbonyl (C=O) groups excluding carboxylic acids is 2. The third-order valence-electron chi connectivity index (χ3n) is 6.59. The Morgan fingerprint density at radius 2 is 1.90 bits per heavy atom. The van der Waals surface area contributed by atoms with Gasteiger partial charge in [0.15, 0.2) is 0 Å². The maximum absolute atomic E-state index is 13.1. The quantitative estimate of drug-likeness (QED) is 0.728. The van der Waals surface area contributed by atoms with Crippen molar-refractivity contribution in [2.75, 3.05) is 0 Å². The van der Waals surface area contributed by atoms with E-state index < -0.39 is 5.41 Å². The van der Waals surface area contributed by atoms with E-state index in [0.717, 1.165) is 19.3 Å². The number of carbonyl (C=O) groups is 2. The molecule has 0 aromatic rings. The molecule has 0 aliphatic heterocycles. The topological polar surface area (TPSA) is 43.4 Å². The fraction of sp³-hybridized carbons (Fsp3) is 0.882.